The summed E-state index contributed by atoms with van der Waals surface area (Å²) in [6.45, 7) is 8.83. The van der Waals surface area contributed by atoms with Crippen LogP contribution in [0.15, 0.2) is 49.4 Å². The number of rotatable bonds is 19. The molecule has 4 aromatic rings. The maximum Gasteiger partial charge on any atom is 0.257 e. The number of ether oxygens (including phenoxy) is 6. The molecule has 52 heavy (non-hydrogen) atoms. The first-order valence-electron chi connectivity index (χ1n) is 17.9. The van der Waals surface area contributed by atoms with Gasteiger partial charge in [-0.15, -0.1) is 5.10 Å². The van der Waals surface area contributed by atoms with Crippen LogP contribution in [0.1, 0.15) is 44.2 Å². The van der Waals surface area contributed by atoms with Gasteiger partial charge in [-0.3, -0.25) is 9.58 Å². The number of anilines is 2. The van der Waals surface area contributed by atoms with Gasteiger partial charge in [-0.1, -0.05) is 6.07 Å². The summed E-state index contributed by atoms with van der Waals surface area (Å²) in [5.41, 5.74) is 2.72. The fraction of sp³-hybridized carbons (Fsp3) is 0.556. The Bertz CT molecular complexity index is 1680. The minimum atomic E-state index is -0.240. The van der Waals surface area contributed by atoms with E-state index in [1.165, 1.54) is 6.33 Å². The Morgan fingerprint density at radius 1 is 0.962 bits per heavy atom. The molecule has 4 heterocycles. The van der Waals surface area contributed by atoms with Crippen LogP contribution in [0.4, 0.5) is 11.6 Å². The van der Waals surface area contributed by atoms with Gasteiger partial charge < -0.3 is 33.7 Å². The van der Waals surface area contributed by atoms with Crippen molar-refractivity contribution in [2.24, 2.45) is 0 Å². The zero-order chi connectivity index (χ0) is 36.0. The van der Waals surface area contributed by atoms with Crippen molar-refractivity contribution >= 4 is 11.6 Å². The van der Waals surface area contributed by atoms with Crippen molar-refractivity contribution in [3.05, 3.63) is 55.0 Å². The number of hydrogen-bond donors (Lipinski definition) is 1. The highest BCUT2D eigenvalue weighted by molar-refractivity contribution is 5.67. The van der Waals surface area contributed by atoms with Crippen LogP contribution in [0.5, 0.6) is 11.6 Å². The fourth-order valence-electron chi connectivity index (χ4n) is 6.44. The summed E-state index contributed by atoms with van der Waals surface area (Å²) in [5, 5.41) is 22.0. The van der Waals surface area contributed by atoms with Gasteiger partial charge in [0.15, 0.2) is 0 Å². The number of hydrogen-bond acceptors (Lipinski definition) is 14. The minimum Gasteiger partial charge on any atom is -0.487 e. The van der Waals surface area contributed by atoms with Crippen molar-refractivity contribution in [1.29, 1.82) is 5.26 Å². The van der Waals surface area contributed by atoms with E-state index >= 15 is 0 Å². The van der Waals surface area contributed by atoms with Crippen molar-refractivity contribution in [1.82, 2.24) is 39.4 Å². The summed E-state index contributed by atoms with van der Waals surface area (Å²) in [6, 6.07) is 8.50. The largest absolute Gasteiger partial charge is 0.487 e. The molecule has 3 aromatic heterocycles. The summed E-state index contributed by atoms with van der Waals surface area (Å²) in [5.74, 6) is 1.35. The second kappa shape index (κ2) is 19.3. The number of aromatic nitrogens is 7. The van der Waals surface area contributed by atoms with Crippen molar-refractivity contribution in [3.63, 3.8) is 0 Å². The zero-order valence-corrected chi connectivity index (χ0v) is 29.9. The molecule has 1 aliphatic heterocycles. The third-order valence-electron chi connectivity index (χ3n) is 9.14. The lowest BCUT2D eigenvalue weighted by Gasteiger charge is -2.38. The Kier molecular flexibility index (Phi) is 13.7. The number of methoxy groups -OCH3 is 1. The quantitative estimate of drug-likeness (QED) is 0.139. The van der Waals surface area contributed by atoms with E-state index in [1.807, 2.05) is 29.9 Å². The molecule has 0 unspecified atom stereocenters. The average Bonchev–Trinajstić information content (AvgIpc) is 3.85. The maximum atomic E-state index is 9.70. The van der Waals surface area contributed by atoms with E-state index in [0.717, 1.165) is 63.1 Å². The fourth-order valence-corrected chi connectivity index (χ4v) is 6.44. The molecule has 16 heteroatoms. The number of benzene rings is 1. The highest BCUT2D eigenvalue weighted by atomic mass is 16.6. The van der Waals surface area contributed by atoms with Gasteiger partial charge in [-0.25, -0.2) is 19.6 Å². The monoisotopic (exact) mass is 716 g/mol. The SMILES string of the molecule is COCCOCCOCCOc1nn(C2CCC(N3CCOCC3)CC2)cc1Nc1ncc(-c2ccc(C#N)c(O[C@@H](C)Cn3cncn3)c2)cn1. The molecule has 0 spiro atoms. The van der Waals surface area contributed by atoms with E-state index in [1.54, 1.807) is 36.6 Å². The molecule has 2 fully saturated rings. The first-order valence-corrected chi connectivity index (χ1v) is 17.9. The van der Waals surface area contributed by atoms with Crippen molar-refractivity contribution < 1.29 is 28.4 Å². The lowest BCUT2D eigenvalue weighted by molar-refractivity contribution is 0.00498. The number of nitrogens with one attached hydrogen (secondary N) is 1. The van der Waals surface area contributed by atoms with Crippen molar-refractivity contribution in [3.8, 4) is 28.8 Å². The Morgan fingerprint density at radius 3 is 2.40 bits per heavy atom. The van der Waals surface area contributed by atoms with Gasteiger partial charge in [-0.2, -0.15) is 10.4 Å². The third kappa shape index (κ3) is 10.5. The van der Waals surface area contributed by atoms with E-state index in [-0.39, 0.29) is 12.1 Å². The van der Waals surface area contributed by atoms with Gasteiger partial charge in [-0.05, 0) is 50.3 Å². The van der Waals surface area contributed by atoms with Gasteiger partial charge in [0.05, 0.1) is 70.6 Å². The van der Waals surface area contributed by atoms with Crippen LogP contribution in [0, 0.1) is 11.3 Å². The van der Waals surface area contributed by atoms with Crippen LogP contribution in [-0.2, 0) is 25.5 Å². The molecule has 1 atom stereocenters. The van der Waals surface area contributed by atoms with Crippen molar-refractivity contribution in [2.75, 3.05) is 78.4 Å². The molecule has 1 saturated carbocycles. The van der Waals surface area contributed by atoms with Crippen molar-refractivity contribution in [2.45, 2.75) is 57.3 Å². The van der Waals surface area contributed by atoms with E-state index in [0.29, 0.717) is 81.1 Å². The molecular formula is C36H48N10O6. The normalized spacial score (nSPS) is 18.5. The molecule has 0 radical (unpaired) electrons. The molecule has 1 aliphatic carbocycles. The standard InChI is InChI=1S/C36H48N10O6/c1-27(23-45-26-38-25-41-45)52-34-19-28(3-4-29(34)20-37)30-21-39-36(40-22-30)42-33-24-46(32-7-5-31(6-8-32)44-9-11-48-12-10-44)43-35(33)51-18-17-50-16-15-49-14-13-47-2/h3-4,19,21-22,24-27,31-32H,5-18,23H2,1-2H3,(H,39,40,42)/t27-,31?,32?/m0/s1. The van der Waals surface area contributed by atoms with Gasteiger partial charge in [0.2, 0.25) is 5.95 Å². The van der Waals surface area contributed by atoms with Crippen LogP contribution in [-0.4, -0.2) is 125 Å². The Morgan fingerprint density at radius 2 is 1.69 bits per heavy atom. The van der Waals surface area contributed by atoms with Crippen LogP contribution < -0.4 is 14.8 Å². The summed E-state index contributed by atoms with van der Waals surface area (Å²) in [6.07, 6.45) is 12.6. The second-order valence-corrected chi connectivity index (χ2v) is 12.8. The Balaban J connectivity index is 1.10. The lowest BCUT2D eigenvalue weighted by Crippen LogP contribution is -2.45. The molecule has 0 bridgehead atoms. The summed E-state index contributed by atoms with van der Waals surface area (Å²) < 4.78 is 37.7. The molecule has 1 aromatic carbocycles. The van der Waals surface area contributed by atoms with E-state index < -0.39 is 0 Å². The highest BCUT2D eigenvalue weighted by Gasteiger charge is 2.29. The molecule has 16 nitrogen and oxygen atoms in total. The first-order chi connectivity index (χ1) is 25.6. The Labute approximate surface area is 304 Å². The molecular weight excluding hydrogens is 668 g/mol. The molecule has 1 saturated heterocycles. The minimum absolute atomic E-state index is 0.240. The molecule has 2 aliphatic rings. The molecule has 6 rings (SSSR count). The topological polar surface area (TPSA) is 169 Å². The Hall–Kier alpha value is -4.66. The summed E-state index contributed by atoms with van der Waals surface area (Å²) in [7, 11) is 1.65. The zero-order valence-electron chi connectivity index (χ0n) is 29.9. The summed E-state index contributed by atoms with van der Waals surface area (Å²) in [4.78, 5) is 15.8. The number of nitriles is 1. The van der Waals surface area contributed by atoms with Gasteiger partial charge in [0.1, 0.15) is 42.9 Å². The predicted molar refractivity (Wildman–Crippen MR) is 190 cm³/mol. The lowest BCUT2D eigenvalue weighted by atomic mass is 9.90. The van der Waals surface area contributed by atoms with Crippen LogP contribution in [0.2, 0.25) is 0 Å². The van der Waals surface area contributed by atoms with E-state index in [4.69, 9.17) is 33.5 Å². The van der Waals surface area contributed by atoms with E-state index in [2.05, 4.69) is 36.3 Å². The van der Waals surface area contributed by atoms with Gasteiger partial charge >= 0.3 is 0 Å². The summed E-state index contributed by atoms with van der Waals surface area (Å²) >= 11 is 0. The highest BCUT2D eigenvalue weighted by Crippen LogP contribution is 2.35. The third-order valence-corrected chi connectivity index (χ3v) is 9.14. The van der Waals surface area contributed by atoms with Crippen LogP contribution in [0.3, 0.4) is 0 Å². The number of morpholine rings is 1. The van der Waals surface area contributed by atoms with Gasteiger partial charge in [0.25, 0.3) is 5.88 Å². The average molecular weight is 717 g/mol. The smallest absolute Gasteiger partial charge is 0.257 e. The molecule has 0 amide bonds. The molecule has 1 N–H and O–H groups in total. The predicted octanol–water partition coefficient (Wildman–Crippen LogP) is 3.89. The van der Waals surface area contributed by atoms with Crippen LogP contribution >= 0.6 is 0 Å². The second-order valence-electron chi connectivity index (χ2n) is 12.8. The van der Waals surface area contributed by atoms with E-state index in [9.17, 15) is 5.26 Å². The maximum absolute atomic E-state index is 9.70. The molecule has 278 valence electrons. The number of nitrogens with zero attached hydrogens (tertiary/aromatic N) is 9. The van der Waals surface area contributed by atoms with Crippen LogP contribution in [0.25, 0.3) is 11.1 Å². The van der Waals surface area contributed by atoms with Gasteiger partial charge in [0, 0.05) is 44.2 Å². The first kappa shape index (κ1) is 37.1.